The van der Waals surface area contributed by atoms with Crippen LogP contribution in [0.5, 0.6) is 5.75 Å². The topological polar surface area (TPSA) is 18.5 Å². The number of benzene rings is 2. The highest BCUT2D eigenvalue weighted by atomic mass is 16.5. The lowest BCUT2D eigenvalue weighted by molar-refractivity contribution is -0.947. The lowest BCUT2D eigenvalue weighted by Crippen LogP contribution is -2.48. The van der Waals surface area contributed by atoms with Crippen molar-refractivity contribution >= 4 is 0 Å². The Morgan fingerprint density at radius 1 is 0.833 bits per heavy atom. The summed E-state index contributed by atoms with van der Waals surface area (Å²) in [5.74, 6) is 0.902. The third kappa shape index (κ3) is 7.77. The fourth-order valence-electron chi connectivity index (χ4n) is 4.19. The molecule has 0 heterocycles. The molecule has 1 unspecified atom stereocenters. The molecule has 3 nitrogen and oxygen atoms in total. The number of nitrogens with zero attached hydrogens (tertiary/aromatic N) is 1. The van der Waals surface area contributed by atoms with E-state index in [1.807, 2.05) is 0 Å². The highest BCUT2D eigenvalue weighted by Crippen LogP contribution is 2.36. The van der Waals surface area contributed by atoms with Crippen LogP contribution in [-0.4, -0.2) is 38.0 Å². The van der Waals surface area contributed by atoms with E-state index in [9.17, 15) is 0 Å². The molecule has 0 aliphatic heterocycles. The molecule has 2 rings (SSSR count). The van der Waals surface area contributed by atoms with Crippen molar-refractivity contribution in [3.8, 4) is 5.75 Å². The molecule has 166 valence electrons. The average Bonchev–Trinajstić information content (AvgIpc) is 2.64. The molecule has 2 aromatic rings. The fourth-order valence-corrected chi connectivity index (χ4v) is 4.19. The molecular weight excluding hydrogens is 370 g/mol. The Balaban J connectivity index is 1.80. The van der Waals surface area contributed by atoms with Crippen LogP contribution in [0.15, 0.2) is 54.6 Å². The summed E-state index contributed by atoms with van der Waals surface area (Å²) < 4.78 is 12.8. The minimum absolute atomic E-state index is 0.0920. The van der Waals surface area contributed by atoms with E-state index in [4.69, 9.17) is 9.47 Å². The zero-order chi connectivity index (χ0) is 22.4. The zero-order valence-electron chi connectivity index (χ0n) is 20.4. The monoisotopic (exact) mass is 412 g/mol. The van der Waals surface area contributed by atoms with Crippen LogP contribution >= 0.6 is 0 Å². The Bertz CT molecular complexity index is 758. The molecule has 0 fully saturated rings. The first-order valence-corrected chi connectivity index (χ1v) is 11.1. The molecule has 0 saturated heterocycles. The first kappa shape index (κ1) is 24.4. The summed E-state index contributed by atoms with van der Waals surface area (Å²) in [5.41, 5.74) is 3.13. The number of rotatable bonds is 10. The Hall–Kier alpha value is -1.84. The standard InChI is InChI=1S/C27H42NO2/c1-22(28(7,8)20-23-12-10-9-11-13-23)29-18-19-30-25-16-14-24(15-17-25)27(5,6)21-26(2,3)4/h9-17,22H,18-21H2,1-8H3/q+1. The van der Waals surface area contributed by atoms with Gasteiger partial charge in [0.2, 0.25) is 0 Å². The number of ether oxygens (including phenoxy) is 2. The maximum absolute atomic E-state index is 6.08. The van der Waals surface area contributed by atoms with Gasteiger partial charge < -0.3 is 9.47 Å². The van der Waals surface area contributed by atoms with Crippen LogP contribution < -0.4 is 4.74 Å². The van der Waals surface area contributed by atoms with Gasteiger partial charge in [-0.3, -0.25) is 4.48 Å². The molecule has 1 atom stereocenters. The molecule has 0 amide bonds. The summed E-state index contributed by atoms with van der Waals surface area (Å²) in [6.45, 7) is 15.7. The summed E-state index contributed by atoms with van der Waals surface area (Å²) in [6, 6.07) is 19.1. The zero-order valence-corrected chi connectivity index (χ0v) is 20.4. The van der Waals surface area contributed by atoms with E-state index < -0.39 is 0 Å². The fraction of sp³-hybridized carbons (Fsp3) is 0.556. The average molecular weight is 413 g/mol. The van der Waals surface area contributed by atoms with E-state index in [2.05, 4.69) is 110 Å². The molecule has 3 heteroatoms. The van der Waals surface area contributed by atoms with Crippen LogP contribution in [0, 0.1) is 5.41 Å². The van der Waals surface area contributed by atoms with Crippen LogP contribution in [0.4, 0.5) is 0 Å². The molecule has 0 aliphatic carbocycles. The normalized spacial score (nSPS) is 13.9. The minimum atomic E-state index is 0.0920. The lowest BCUT2D eigenvalue weighted by Gasteiger charge is -2.35. The number of hydrogen-bond donors (Lipinski definition) is 0. The van der Waals surface area contributed by atoms with Gasteiger partial charge in [-0.25, -0.2) is 0 Å². The van der Waals surface area contributed by atoms with E-state index in [0.717, 1.165) is 23.2 Å². The molecule has 0 aromatic heterocycles. The Morgan fingerprint density at radius 3 is 2.00 bits per heavy atom. The smallest absolute Gasteiger partial charge is 0.190 e. The molecule has 0 aliphatic rings. The van der Waals surface area contributed by atoms with Gasteiger partial charge in [0.05, 0.1) is 20.7 Å². The van der Waals surface area contributed by atoms with Crippen molar-refractivity contribution in [1.82, 2.24) is 0 Å². The van der Waals surface area contributed by atoms with Crippen molar-refractivity contribution in [1.29, 1.82) is 0 Å². The van der Waals surface area contributed by atoms with Gasteiger partial charge in [0, 0.05) is 12.5 Å². The first-order valence-electron chi connectivity index (χ1n) is 11.1. The van der Waals surface area contributed by atoms with Crippen LogP contribution in [0.3, 0.4) is 0 Å². The van der Waals surface area contributed by atoms with Gasteiger partial charge in [-0.2, -0.15) is 0 Å². The maximum atomic E-state index is 6.08. The van der Waals surface area contributed by atoms with Crippen molar-refractivity contribution in [2.24, 2.45) is 5.41 Å². The maximum Gasteiger partial charge on any atom is 0.190 e. The predicted octanol–water partition coefficient (Wildman–Crippen LogP) is 6.42. The van der Waals surface area contributed by atoms with Crippen LogP contribution in [0.25, 0.3) is 0 Å². The molecule has 0 bridgehead atoms. The van der Waals surface area contributed by atoms with Crippen molar-refractivity contribution in [3.05, 3.63) is 65.7 Å². The summed E-state index contributed by atoms with van der Waals surface area (Å²) in [7, 11) is 4.41. The summed E-state index contributed by atoms with van der Waals surface area (Å²) >= 11 is 0. The third-order valence-electron chi connectivity index (χ3n) is 5.74. The quantitative estimate of drug-likeness (QED) is 0.255. The van der Waals surface area contributed by atoms with Gasteiger partial charge in [0.25, 0.3) is 0 Å². The highest BCUT2D eigenvalue weighted by Gasteiger charge is 2.27. The van der Waals surface area contributed by atoms with Crippen molar-refractivity contribution < 1.29 is 14.0 Å². The second-order valence-electron chi connectivity index (χ2n) is 10.9. The van der Waals surface area contributed by atoms with Gasteiger partial charge in [-0.15, -0.1) is 0 Å². The number of quaternary nitrogens is 1. The molecule has 30 heavy (non-hydrogen) atoms. The second kappa shape index (κ2) is 9.98. The minimum Gasteiger partial charge on any atom is -0.491 e. The van der Waals surface area contributed by atoms with Crippen LogP contribution in [-0.2, 0) is 16.7 Å². The van der Waals surface area contributed by atoms with Gasteiger partial charge in [-0.05, 0) is 34.9 Å². The Morgan fingerprint density at radius 2 is 1.43 bits per heavy atom. The van der Waals surface area contributed by atoms with Gasteiger partial charge in [-0.1, -0.05) is 77.1 Å². The molecule has 2 aromatic carbocycles. The number of hydrogen-bond acceptors (Lipinski definition) is 2. The third-order valence-corrected chi connectivity index (χ3v) is 5.74. The highest BCUT2D eigenvalue weighted by molar-refractivity contribution is 5.31. The Kier molecular flexibility index (Phi) is 8.13. The second-order valence-corrected chi connectivity index (χ2v) is 10.9. The van der Waals surface area contributed by atoms with Crippen molar-refractivity contribution in [2.45, 2.75) is 66.2 Å². The molecule has 0 spiro atoms. The first-order chi connectivity index (χ1) is 13.9. The SMILES string of the molecule is CC(OCCOc1ccc(C(C)(C)CC(C)(C)C)cc1)[N+](C)(C)Cc1ccccc1. The molecule has 0 N–H and O–H groups in total. The van der Waals surface area contributed by atoms with E-state index in [1.54, 1.807) is 0 Å². The Labute approximate surface area is 184 Å². The molecular formula is C27H42NO2+. The van der Waals surface area contributed by atoms with Crippen molar-refractivity contribution in [3.63, 3.8) is 0 Å². The van der Waals surface area contributed by atoms with E-state index >= 15 is 0 Å². The largest absolute Gasteiger partial charge is 0.491 e. The summed E-state index contributed by atoms with van der Waals surface area (Å²) in [5, 5.41) is 0. The van der Waals surface area contributed by atoms with Crippen LogP contribution in [0.2, 0.25) is 0 Å². The predicted molar refractivity (Wildman–Crippen MR) is 127 cm³/mol. The summed E-state index contributed by atoms with van der Waals surface area (Å²) in [6.07, 6.45) is 1.23. The molecule has 0 saturated carbocycles. The van der Waals surface area contributed by atoms with E-state index in [1.165, 1.54) is 11.1 Å². The van der Waals surface area contributed by atoms with E-state index in [0.29, 0.717) is 18.6 Å². The van der Waals surface area contributed by atoms with Crippen molar-refractivity contribution in [2.75, 3.05) is 27.3 Å². The van der Waals surface area contributed by atoms with E-state index in [-0.39, 0.29) is 11.6 Å². The van der Waals surface area contributed by atoms with Gasteiger partial charge in [0.15, 0.2) is 6.23 Å². The lowest BCUT2D eigenvalue weighted by atomic mass is 9.72. The summed E-state index contributed by atoms with van der Waals surface area (Å²) in [4.78, 5) is 0. The van der Waals surface area contributed by atoms with Gasteiger partial charge >= 0.3 is 0 Å². The van der Waals surface area contributed by atoms with Crippen LogP contribution in [0.1, 0.15) is 59.1 Å². The molecule has 0 radical (unpaired) electrons. The van der Waals surface area contributed by atoms with Gasteiger partial charge in [0.1, 0.15) is 18.9 Å².